The molecule has 34 heavy (non-hydrogen) atoms. The molecule has 4 nitrogen and oxygen atoms in total. The highest BCUT2D eigenvalue weighted by atomic mass is 16.2. The van der Waals surface area contributed by atoms with Crippen molar-refractivity contribution in [2.45, 2.75) is 19.3 Å². The summed E-state index contributed by atoms with van der Waals surface area (Å²) in [7, 11) is 0. The fourth-order valence-corrected chi connectivity index (χ4v) is 4.64. The van der Waals surface area contributed by atoms with Crippen molar-refractivity contribution >= 4 is 5.91 Å². The summed E-state index contributed by atoms with van der Waals surface area (Å²) in [4.78, 5) is 19.6. The molecular formula is C30H25N3O. The first-order valence-corrected chi connectivity index (χ1v) is 11.5. The van der Waals surface area contributed by atoms with Crippen LogP contribution in [0.15, 0.2) is 91.3 Å². The van der Waals surface area contributed by atoms with Crippen molar-refractivity contribution in [2.75, 3.05) is 13.1 Å². The number of aryl methyl sites for hydroxylation is 1. The Balaban J connectivity index is 1.49. The fraction of sp³-hybridized carbons (Fsp3) is 0.167. The van der Waals surface area contributed by atoms with E-state index in [4.69, 9.17) is 0 Å². The number of likely N-dealkylation sites (tertiary alicyclic amines) is 1. The van der Waals surface area contributed by atoms with Crippen LogP contribution in [0.1, 0.15) is 39.4 Å². The van der Waals surface area contributed by atoms with Crippen LogP contribution in [0.5, 0.6) is 0 Å². The van der Waals surface area contributed by atoms with Crippen molar-refractivity contribution < 1.29 is 4.79 Å². The lowest BCUT2D eigenvalue weighted by Gasteiger charge is -2.19. The molecule has 5 rings (SSSR count). The smallest absolute Gasteiger partial charge is 0.253 e. The SMILES string of the molecule is Cc1ccc(-c2ccc(C(=O)N3CCC(c4cccnc4)C3)cc2-c2ccc(C#N)cc2)cc1. The van der Waals surface area contributed by atoms with Crippen LogP contribution < -0.4 is 0 Å². The Kier molecular flexibility index (Phi) is 5.93. The first-order chi connectivity index (χ1) is 16.6. The van der Waals surface area contributed by atoms with E-state index in [1.54, 1.807) is 6.20 Å². The number of carbonyl (C=O) groups excluding carboxylic acids is 1. The highest BCUT2D eigenvalue weighted by Crippen LogP contribution is 2.35. The Morgan fingerprint density at radius 2 is 1.71 bits per heavy atom. The summed E-state index contributed by atoms with van der Waals surface area (Å²) in [5.74, 6) is 0.374. The number of aromatic nitrogens is 1. The van der Waals surface area contributed by atoms with Gasteiger partial charge in [0.05, 0.1) is 11.6 Å². The van der Waals surface area contributed by atoms with Gasteiger partial charge in [0.1, 0.15) is 0 Å². The molecule has 0 bridgehead atoms. The van der Waals surface area contributed by atoms with Crippen molar-refractivity contribution in [3.63, 3.8) is 0 Å². The molecule has 0 spiro atoms. The van der Waals surface area contributed by atoms with E-state index in [9.17, 15) is 10.1 Å². The second-order valence-electron chi connectivity index (χ2n) is 8.84. The maximum absolute atomic E-state index is 13.5. The summed E-state index contributed by atoms with van der Waals surface area (Å²) >= 11 is 0. The van der Waals surface area contributed by atoms with Gasteiger partial charge in [0.2, 0.25) is 0 Å². The van der Waals surface area contributed by atoms with Gasteiger partial charge in [-0.05, 0) is 71.5 Å². The van der Waals surface area contributed by atoms with Crippen LogP contribution in [0, 0.1) is 18.3 Å². The molecule has 1 aliphatic rings. The number of carbonyl (C=O) groups is 1. The second kappa shape index (κ2) is 9.33. The summed E-state index contributed by atoms with van der Waals surface area (Å²) in [6, 6.07) is 28.1. The fourth-order valence-electron chi connectivity index (χ4n) is 4.64. The Labute approximate surface area is 200 Å². The maximum Gasteiger partial charge on any atom is 0.253 e. The molecule has 166 valence electrons. The molecule has 1 atom stereocenters. The number of hydrogen-bond acceptors (Lipinski definition) is 3. The van der Waals surface area contributed by atoms with Gasteiger partial charge >= 0.3 is 0 Å². The van der Waals surface area contributed by atoms with Gasteiger partial charge in [-0.3, -0.25) is 9.78 Å². The number of amides is 1. The summed E-state index contributed by atoms with van der Waals surface area (Å²) in [5.41, 5.74) is 7.82. The van der Waals surface area contributed by atoms with Gasteiger partial charge in [-0.1, -0.05) is 54.1 Å². The lowest BCUT2D eigenvalue weighted by atomic mass is 9.92. The molecule has 4 aromatic rings. The minimum absolute atomic E-state index is 0.0525. The van der Waals surface area contributed by atoms with Crippen molar-refractivity contribution in [1.29, 1.82) is 5.26 Å². The molecule has 0 radical (unpaired) electrons. The minimum Gasteiger partial charge on any atom is -0.338 e. The van der Waals surface area contributed by atoms with Gasteiger partial charge in [0, 0.05) is 37.0 Å². The molecular weight excluding hydrogens is 418 g/mol. The molecule has 1 aliphatic heterocycles. The van der Waals surface area contributed by atoms with Crippen LogP contribution in [0.4, 0.5) is 0 Å². The van der Waals surface area contributed by atoms with Gasteiger partial charge in [-0.15, -0.1) is 0 Å². The van der Waals surface area contributed by atoms with E-state index in [-0.39, 0.29) is 5.91 Å². The quantitative estimate of drug-likeness (QED) is 0.376. The van der Waals surface area contributed by atoms with Crippen LogP contribution >= 0.6 is 0 Å². The third-order valence-corrected chi connectivity index (χ3v) is 6.59. The zero-order valence-electron chi connectivity index (χ0n) is 19.1. The average molecular weight is 444 g/mol. The third-order valence-electron chi connectivity index (χ3n) is 6.59. The summed E-state index contributed by atoms with van der Waals surface area (Å²) < 4.78 is 0. The van der Waals surface area contributed by atoms with E-state index >= 15 is 0 Å². The van der Waals surface area contributed by atoms with E-state index < -0.39 is 0 Å². The van der Waals surface area contributed by atoms with Crippen LogP contribution in [0.25, 0.3) is 22.3 Å². The van der Waals surface area contributed by atoms with Crippen LogP contribution in [-0.4, -0.2) is 28.9 Å². The van der Waals surface area contributed by atoms with E-state index in [0.29, 0.717) is 23.6 Å². The summed E-state index contributed by atoms with van der Waals surface area (Å²) in [5, 5.41) is 9.20. The largest absolute Gasteiger partial charge is 0.338 e. The zero-order valence-corrected chi connectivity index (χ0v) is 19.1. The van der Waals surface area contributed by atoms with E-state index in [1.165, 1.54) is 11.1 Å². The number of nitriles is 1. The van der Waals surface area contributed by atoms with Gasteiger partial charge in [-0.25, -0.2) is 0 Å². The molecule has 1 fully saturated rings. The topological polar surface area (TPSA) is 57.0 Å². The number of pyridine rings is 1. The van der Waals surface area contributed by atoms with Crippen molar-refractivity contribution in [2.24, 2.45) is 0 Å². The number of benzene rings is 3. The molecule has 0 aliphatic carbocycles. The number of nitrogens with zero attached hydrogens (tertiary/aromatic N) is 3. The predicted molar refractivity (Wildman–Crippen MR) is 134 cm³/mol. The molecule has 1 unspecified atom stereocenters. The Bertz CT molecular complexity index is 1350. The molecule has 0 N–H and O–H groups in total. The Morgan fingerprint density at radius 1 is 0.971 bits per heavy atom. The van der Waals surface area contributed by atoms with Crippen LogP contribution in [0.2, 0.25) is 0 Å². The van der Waals surface area contributed by atoms with Gasteiger partial charge < -0.3 is 4.90 Å². The third kappa shape index (κ3) is 4.33. The average Bonchev–Trinajstić information content (AvgIpc) is 3.39. The summed E-state index contributed by atoms with van der Waals surface area (Å²) in [6.07, 6.45) is 4.63. The number of rotatable bonds is 4. The maximum atomic E-state index is 13.5. The second-order valence-corrected chi connectivity index (χ2v) is 8.84. The molecule has 3 aromatic carbocycles. The van der Waals surface area contributed by atoms with Crippen LogP contribution in [0.3, 0.4) is 0 Å². The first-order valence-electron chi connectivity index (χ1n) is 11.5. The van der Waals surface area contributed by atoms with Crippen LogP contribution in [-0.2, 0) is 0 Å². The van der Waals surface area contributed by atoms with Crippen molar-refractivity contribution in [3.05, 3.63) is 114 Å². The van der Waals surface area contributed by atoms with Crippen molar-refractivity contribution in [1.82, 2.24) is 9.88 Å². The molecule has 4 heteroatoms. The molecule has 1 amide bonds. The summed E-state index contributed by atoms with van der Waals surface area (Å²) in [6.45, 7) is 3.52. The zero-order chi connectivity index (χ0) is 23.5. The normalized spacial score (nSPS) is 15.2. The minimum atomic E-state index is 0.0525. The standard InChI is InChI=1S/C30H25N3O/c1-21-4-8-23(9-5-21)28-13-12-25(17-29(28)24-10-6-22(18-31)7-11-24)30(34)33-16-14-27(20-33)26-3-2-15-32-19-26/h2-13,15,17,19,27H,14,16,20H2,1H3. The first kappa shape index (κ1) is 21.6. The molecule has 2 heterocycles. The van der Waals surface area contributed by atoms with Gasteiger partial charge in [0.15, 0.2) is 0 Å². The lowest BCUT2D eigenvalue weighted by molar-refractivity contribution is 0.0791. The molecule has 1 saturated heterocycles. The molecule has 0 saturated carbocycles. The highest BCUT2D eigenvalue weighted by molar-refractivity contribution is 5.98. The number of hydrogen-bond donors (Lipinski definition) is 0. The van der Waals surface area contributed by atoms with Gasteiger partial charge in [-0.2, -0.15) is 5.26 Å². The van der Waals surface area contributed by atoms with E-state index in [2.05, 4.69) is 48.3 Å². The predicted octanol–water partition coefficient (Wildman–Crippen LogP) is 6.23. The van der Waals surface area contributed by atoms with E-state index in [0.717, 1.165) is 35.2 Å². The van der Waals surface area contributed by atoms with E-state index in [1.807, 2.05) is 59.6 Å². The monoisotopic (exact) mass is 443 g/mol. The van der Waals surface area contributed by atoms with Crippen molar-refractivity contribution in [3.8, 4) is 28.3 Å². The Morgan fingerprint density at radius 3 is 2.41 bits per heavy atom. The molecule has 1 aromatic heterocycles. The highest BCUT2D eigenvalue weighted by Gasteiger charge is 2.28. The Hall–Kier alpha value is -4.23. The van der Waals surface area contributed by atoms with Gasteiger partial charge in [0.25, 0.3) is 5.91 Å². The lowest BCUT2D eigenvalue weighted by Crippen LogP contribution is -2.28.